The zero-order valence-corrected chi connectivity index (χ0v) is 9.88. The first-order chi connectivity index (χ1) is 6.06. The maximum atomic E-state index is 11.3. The zero-order chi connectivity index (χ0) is 10.0. The van der Waals surface area contributed by atoms with E-state index in [1.165, 1.54) is 3.57 Å². The first-order valence-electron chi connectivity index (χ1n) is 4.06. The van der Waals surface area contributed by atoms with E-state index < -0.39 is 0 Å². The summed E-state index contributed by atoms with van der Waals surface area (Å²) in [4.78, 5) is 11.3. The highest BCUT2D eigenvalue weighted by Gasteiger charge is 2.07. The van der Waals surface area contributed by atoms with Crippen LogP contribution in [-0.4, -0.2) is 12.3 Å². The van der Waals surface area contributed by atoms with Crippen LogP contribution < -0.4 is 5.73 Å². The van der Waals surface area contributed by atoms with Gasteiger partial charge in [-0.1, -0.05) is 0 Å². The molecule has 0 amide bonds. The lowest BCUT2D eigenvalue weighted by Gasteiger charge is -2.05. The normalized spacial score (nSPS) is 10.2. The number of nitrogens with two attached hydrogens (primary N) is 1. The standard InChI is InChI=1S/C10H12INO/c1-6-3-8(9(13)5-12)4-7(2)10(6)11/h3-4H,5,12H2,1-2H3. The van der Waals surface area contributed by atoms with Crippen molar-refractivity contribution in [3.05, 3.63) is 32.4 Å². The molecule has 2 N–H and O–H groups in total. The van der Waals surface area contributed by atoms with Gasteiger partial charge in [-0.05, 0) is 59.7 Å². The van der Waals surface area contributed by atoms with Crippen LogP contribution in [0.3, 0.4) is 0 Å². The third kappa shape index (κ3) is 2.28. The van der Waals surface area contributed by atoms with Crippen LogP contribution in [0.15, 0.2) is 12.1 Å². The summed E-state index contributed by atoms with van der Waals surface area (Å²) >= 11 is 2.28. The van der Waals surface area contributed by atoms with E-state index in [0.29, 0.717) is 0 Å². The highest BCUT2D eigenvalue weighted by Crippen LogP contribution is 2.18. The van der Waals surface area contributed by atoms with E-state index in [4.69, 9.17) is 5.73 Å². The molecule has 0 unspecified atom stereocenters. The summed E-state index contributed by atoms with van der Waals surface area (Å²) in [6.07, 6.45) is 0. The monoisotopic (exact) mass is 289 g/mol. The van der Waals surface area contributed by atoms with Gasteiger partial charge >= 0.3 is 0 Å². The Morgan fingerprint density at radius 2 is 1.85 bits per heavy atom. The molecule has 1 aromatic rings. The molecule has 1 rings (SSSR count). The van der Waals surface area contributed by atoms with Gasteiger partial charge in [-0.2, -0.15) is 0 Å². The van der Waals surface area contributed by atoms with Crippen LogP contribution in [0.2, 0.25) is 0 Å². The molecule has 0 fully saturated rings. The van der Waals surface area contributed by atoms with Gasteiger partial charge < -0.3 is 5.73 Å². The molecule has 0 saturated heterocycles. The molecular weight excluding hydrogens is 277 g/mol. The molecule has 0 saturated carbocycles. The van der Waals surface area contributed by atoms with Crippen molar-refractivity contribution >= 4 is 28.4 Å². The predicted molar refractivity (Wildman–Crippen MR) is 62.0 cm³/mol. The van der Waals surface area contributed by atoms with Gasteiger partial charge in [0.25, 0.3) is 0 Å². The summed E-state index contributed by atoms with van der Waals surface area (Å²) in [6, 6.07) is 3.79. The molecule has 0 atom stereocenters. The van der Waals surface area contributed by atoms with Crippen molar-refractivity contribution in [2.45, 2.75) is 13.8 Å². The van der Waals surface area contributed by atoms with Crippen molar-refractivity contribution in [3.63, 3.8) is 0 Å². The van der Waals surface area contributed by atoms with Gasteiger partial charge in [0.1, 0.15) is 0 Å². The smallest absolute Gasteiger partial charge is 0.176 e. The SMILES string of the molecule is Cc1cc(C(=O)CN)cc(C)c1I. The van der Waals surface area contributed by atoms with E-state index >= 15 is 0 Å². The van der Waals surface area contributed by atoms with Gasteiger partial charge in [0, 0.05) is 9.13 Å². The van der Waals surface area contributed by atoms with Crippen molar-refractivity contribution in [2.24, 2.45) is 5.73 Å². The Bertz CT molecular complexity index is 324. The van der Waals surface area contributed by atoms with Crippen LogP contribution in [0.25, 0.3) is 0 Å². The van der Waals surface area contributed by atoms with E-state index in [2.05, 4.69) is 22.6 Å². The Morgan fingerprint density at radius 3 is 2.23 bits per heavy atom. The van der Waals surface area contributed by atoms with Crippen molar-refractivity contribution < 1.29 is 4.79 Å². The van der Waals surface area contributed by atoms with E-state index in [1.807, 2.05) is 26.0 Å². The lowest BCUT2D eigenvalue weighted by Crippen LogP contribution is -2.14. The zero-order valence-electron chi connectivity index (χ0n) is 7.73. The van der Waals surface area contributed by atoms with Gasteiger partial charge in [0.05, 0.1) is 6.54 Å². The molecule has 0 heterocycles. The molecule has 0 aromatic heterocycles. The number of hydrogen-bond donors (Lipinski definition) is 1. The van der Waals surface area contributed by atoms with Crippen LogP contribution in [0, 0.1) is 17.4 Å². The van der Waals surface area contributed by atoms with Crippen molar-refractivity contribution in [1.82, 2.24) is 0 Å². The minimum Gasteiger partial charge on any atom is -0.324 e. The molecule has 70 valence electrons. The molecule has 0 radical (unpaired) electrons. The summed E-state index contributed by atoms with van der Waals surface area (Å²) in [5.74, 6) is 0.00241. The molecule has 0 bridgehead atoms. The number of Topliss-reactive ketones (excluding diaryl/α,β-unsaturated/α-hetero) is 1. The largest absolute Gasteiger partial charge is 0.324 e. The van der Waals surface area contributed by atoms with E-state index in [1.54, 1.807) is 0 Å². The first-order valence-corrected chi connectivity index (χ1v) is 5.14. The predicted octanol–water partition coefficient (Wildman–Crippen LogP) is 2.05. The average molecular weight is 289 g/mol. The minimum absolute atomic E-state index is 0.00241. The molecule has 0 aliphatic carbocycles. The summed E-state index contributed by atoms with van der Waals surface area (Å²) in [5.41, 5.74) is 8.28. The number of hydrogen-bond acceptors (Lipinski definition) is 2. The van der Waals surface area contributed by atoms with Crippen LogP contribution in [-0.2, 0) is 0 Å². The number of rotatable bonds is 2. The second-order valence-electron chi connectivity index (χ2n) is 3.05. The number of benzene rings is 1. The third-order valence-corrected chi connectivity index (χ3v) is 3.65. The van der Waals surface area contributed by atoms with Gasteiger partial charge in [0.2, 0.25) is 0 Å². The Balaban J connectivity index is 3.20. The Hall–Kier alpha value is -0.420. The Morgan fingerprint density at radius 1 is 1.38 bits per heavy atom. The average Bonchev–Trinajstić information content (AvgIpc) is 2.12. The molecule has 1 aromatic carbocycles. The topological polar surface area (TPSA) is 43.1 Å². The molecule has 0 spiro atoms. The van der Waals surface area contributed by atoms with E-state index in [-0.39, 0.29) is 12.3 Å². The maximum absolute atomic E-state index is 11.3. The fraction of sp³-hybridized carbons (Fsp3) is 0.300. The van der Waals surface area contributed by atoms with Crippen LogP contribution >= 0.6 is 22.6 Å². The van der Waals surface area contributed by atoms with Crippen molar-refractivity contribution in [3.8, 4) is 0 Å². The summed E-state index contributed by atoms with van der Waals surface area (Å²) in [7, 11) is 0. The third-order valence-electron chi connectivity index (χ3n) is 1.94. The van der Waals surface area contributed by atoms with Gasteiger partial charge in [-0.15, -0.1) is 0 Å². The van der Waals surface area contributed by atoms with E-state index in [9.17, 15) is 4.79 Å². The fourth-order valence-electron chi connectivity index (χ4n) is 1.22. The molecule has 0 aliphatic rings. The fourth-order valence-corrected chi connectivity index (χ4v) is 1.54. The lowest BCUT2D eigenvalue weighted by atomic mass is 10.0. The summed E-state index contributed by atoms with van der Waals surface area (Å²) in [5, 5.41) is 0. The maximum Gasteiger partial charge on any atom is 0.176 e. The number of ketones is 1. The Labute approximate surface area is 91.7 Å². The quantitative estimate of drug-likeness (QED) is 0.669. The van der Waals surface area contributed by atoms with Gasteiger partial charge in [-0.25, -0.2) is 0 Å². The molecule has 13 heavy (non-hydrogen) atoms. The van der Waals surface area contributed by atoms with Gasteiger partial charge in [0.15, 0.2) is 5.78 Å². The second-order valence-corrected chi connectivity index (χ2v) is 4.13. The molecule has 2 nitrogen and oxygen atoms in total. The molecular formula is C10H12INO. The summed E-state index contributed by atoms with van der Waals surface area (Å²) in [6.45, 7) is 4.09. The second kappa shape index (κ2) is 4.19. The molecule has 3 heteroatoms. The first kappa shape index (κ1) is 10.7. The number of carbonyl (C=O) groups excluding carboxylic acids is 1. The number of carbonyl (C=O) groups is 1. The Kier molecular flexibility index (Phi) is 3.44. The highest BCUT2D eigenvalue weighted by molar-refractivity contribution is 14.1. The van der Waals surface area contributed by atoms with Crippen molar-refractivity contribution in [1.29, 1.82) is 0 Å². The molecule has 0 aliphatic heterocycles. The minimum atomic E-state index is 0.00241. The number of aryl methyl sites for hydroxylation is 2. The highest BCUT2D eigenvalue weighted by atomic mass is 127. The van der Waals surface area contributed by atoms with Crippen LogP contribution in [0.5, 0.6) is 0 Å². The van der Waals surface area contributed by atoms with Crippen molar-refractivity contribution in [2.75, 3.05) is 6.54 Å². The van der Waals surface area contributed by atoms with E-state index in [0.717, 1.165) is 16.7 Å². The van der Waals surface area contributed by atoms with Crippen LogP contribution in [0.4, 0.5) is 0 Å². The lowest BCUT2D eigenvalue weighted by molar-refractivity contribution is 0.100. The summed E-state index contributed by atoms with van der Waals surface area (Å²) < 4.78 is 1.21. The number of halogens is 1. The van der Waals surface area contributed by atoms with Crippen LogP contribution in [0.1, 0.15) is 21.5 Å². The van der Waals surface area contributed by atoms with Gasteiger partial charge in [-0.3, -0.25) is 4.79 Å².